The van der Waals surface area contributed by atoms with Crippen LogP contribution < -0.4 is 5.32 Å². The highest BCUT2D eigenvalue weighted by Crippen LogP contribution is 2.38. The molecule has 7 nitrogen and oxygen atoms in total. The van der Waals surface area contributed by atoms with E-state index >= 15 is 0 Å². The first kappa shape index (κ1) is 23.6. The molecule has 8 heteroatoms. The Balaban J connectivity index is 1.75. The van der Waals surface area contributed by atoms with E-state index < -0.39 is 24.4 Å². The minimum Gasteiger partial charge on any atom is -0.445 e. The Kier molecular flexibility index (Phi) is 7.38. The van der Waals surface area contributed by atoms with Gasteiger partial charge < -0.3 is 24.6 Å². The molecule has 0 spiro atoms. The van der Waals surface area contributed by atoms with E-state index in [0.29, 0.717) is 0 Å². The number of nitrogens with zero attached hydrogens (tertiary/aromatic N) is 1. The lowest BCUT2D eigenvalue weighted by atomic mass is 9.77. The molecule has 2 aromatic carbocycles. The van der Waals surface area contributed by atoms with Gasteiger partial charge in [-0.1, -0.05) is 59.8 Å². The number of nitrogens with one attached hydrogen (secondary N) is 1. The third-order valence-corrected chi connectivity index (χ3v) is 5.68. The van der Waals surface area contributed by atoms with Gasteiger partial charge in [0.25, 0.3) is 0 Å². The van der Waals surface area contributed by atoms with Gasteiger partial charge in [-0.25, -0.2) is 4.79 Å². The molecule has 0 aliphatic carbocycles. The number of amides is 1. The predicted molar refractivity (Wildman–Crippen MR) is 125 cm³/mol. The number of rotatable bonds is 7. The van der Waals surface area contributed by atoms with E-state index in [1.54, 1.807) is 0 Å². The fourth-order valence-electron chi connectivity index (χ4n) is 3.16. The van der Waals surface area contributed by atoms with Crippen LogP contribution in [-0.4, -0.2) is 42.4 Å². The van der Waals surface area contributed by atoms with Crippen LogP contribution in [0.5, 0.6) is 0 Å². The van der Waals surface area contributed by atoms with E-state index in [1.165, 1.54) is 6.21 Å². The molecule has 0 radical (unpaired) electrons. The maximum Gasteiger partial charge on any atom is 0.492 e. The maximum atomic E-state index is 12.3. The van der Waals surface area contributed by atoms with Gasteiger partial charge in [-0.15, -0.1) is 0 Å². The van der Waals surface area contributed by atoms with E-state index in [-0.39, 0.29) is 13.2 Å². The molecule has 0 unspecified atom stereocenters. The van der Waals surface area contributed by atoms with Crippen molar-refractivity contribution in [1.82, 2.24) is 5.32 Å². The number of alkyl carbamates (subject to hydrolysis) is 1. The minimum absolute atomic E-state index is 0.183. The Labute approximate surface area is 189 Å². The summed E-state index contributed by atoms with van der Waals surface area (Å²) < 4.78 is 17.7. The van der Waals surface area contributed by atoms with Gasteiger partial charge >= 0.3 is 13.2 Å². The van der Waals surface area contributed by atoms with Crippen LogP contribution in [-0.2, 0) is 20.7 Å². The topological polar surface area (TPSA) is 89.4 Å². The SMILES string of the molecule is CC1(C)OB(C(=Cc2cccc(C=NO)c2)CNC(=O)OCc2ccccc2)OC1(C)C. The molecule has 1 saturated heterocycles. The molecule has 0 atom stereocenters. The third kappa shape index (κ3) is 5.99. The Morgan fingerprint density at radius 3 is 2.38 bits per heavy atom. The normalized spacial score (nSPS) is 17.5. The first-order chi connectivity index (χ1) is 15.2. The molecular weight excluding hydrogens is 407 g/mol. The second kappa shape index (κ2) is 10.0. The van der Waals surface area contributed by atoms with Crippen molar-refractivity contribution in [2.24, 2.45) is 5.16 Å². The lowest BCUT2D eigenvalue weighted by molar-refractivity contribution is 0.00578. The van der Waals surface area contributed by atoms with Gasteiger partial charge in [0, 0.05) is 6.54 Å². The van der Waals surface area contributed by atoms with Crippen LogP contribution in [0.1, 0.15) is 44.4 Å². The molecule has 0 saturated carbocycles. The third-order valence-electron chi connectivity index (χ3n) is 5.68. The molecule has 2 N–H and O–H groups in total. The molecule has 0 aromatic heterocycles. The van der Waals surface area contributed by atoms with E-state index in [9.17, 15) is 4.79 Å². The molecule has 3 rings (SSSR count). The summed E-state index contributed by atoms with van der Waals surface area (Å²) in [6.07, 6.45) is 2.72. The average Bonchev–Trinajstić information content (AvgIpc) is 2.97. The van der Waals surface area contributed by atoms with Gasteiger partial charge in [0.15, 0.2) is 0 Å². The van der Waals surface area contributed by atoms with Crippen molar-refractivity contribution in [2.75, 3.05) is 6.54 Å². The van der Waals surface area contributed by atoms with Crippen molar-refractivity contribution in [3.8, 4) is 0 Å². The summed E-state index contributed by atoms with van der Waals surface area (Å²) in [5.41, 5.74) is 2.20. The Bertz CT molecular complexity index is 973. The quantitative estimate of drug-likeness (QED) is 0.290. The van der Waals surface area contributed by atoms with E-state index in [1.807, 2.05) is 88.4 Å². The van der Waals surface area contributed by atoms with Crippen molar-refractivity contribution < 1.29 is 24.0 Å². The van der Waals surface area contributed by atoms with Crippen LogP contribution in [0.3, 0.4) is 0 Å². The standard InChI is InChI=1S/C24H29BN2O5/c1-23(2)24(3,4)32-25(31-23)21(14-19-11-8-12-20(13-19)15-27-29)16-26-22(28)30-17-18-9-6-5-7-10-18/h5-15,29H,16-17H2,1-4H3,(H,26,28). The Morgan fingerprint density at radius 2 is 1.72 bits per heavy atom. The largest absolute Gasteiger partial charge is 0.492 e. The first-order valence-electron chi connectivity index (χ1n) is 10.5. The lowest BCUT2D eigenvalue weighted by Crippen LogP contribution is -2.41. The molecule has 1 heterocycles. The second-order valence-corrected chi connectivity index (χ2v) is 8.64. The molecule has 32 heavy (non-hydrogen) atoms. The summed E-state index contributed by atoms with van der Waals surface area (Å²) >= 11 is 0. The highest BCUT2D eigenvalue weighted by atomic mass is 16.7. The molecule has 1 amide bonds. The number of carbonyl (C=O) groups excluding carboxylic acids is 1. The van der Waals surface area contributed by atoms with E-state index in [2.05, 4.69) is 10.5 Å². The van der Waals surface area contributed by atoms with Crippen molar-refractivity contribution >= 4 is 25.5 Å². The van der Waals surface area contributed by atoms with Gasteiger partial charge in [0.2, 0.25) is 0 Å². The number of ether oxygens (including phenoxy) is 1. The fraction of sp³-hybridized carbons (Fsp3) is 0.333. The molecule has 1 aliphatic rings. The molecule has 1 fully saturated rings. The Hall–Kier alpha value is -3.10. The monoisotopic (exact) mass is 436 g/mol. The van der Waals surface area contributed by atoms with Crippen LogP contribution >= 0.6 is 0 Å². The number of carbonyl (C=O) groups is 1. The number of hydrogen-bond acceptors (Lipinski definition) is 6. The van der Waals surface area contributed by atoms with Gasteiger partial charge in [0.05, 0.1) is 17.4 Å². The second-order valence-electron chi connectivity index (χ2n) is 8.64. The average molecular weight is 436 g/mol. The van der Waals surface area contributed by atoms with Gasteiger partial charge in [-0.05, 0) is 55.9 Å². The summed E-state index contributed by atoms with van der Waals surface area (Å²) in [5.74, 6) is 0. The van der Waals surface area contributed by atoms with Crippen molar-refractivity contribution in [1.29, 1.82) is 0 Å². The van der Waals surface area contributed by atoms with Gasteiger partial charge in [0.1, 0.15) is 6.61 Å². The van der Waals surface area contributed by atoms with Crippen LogP contribution in [0.25, 0.3) is 6.08 Å². The molecule has 0 bridgehead atoms. The summed E-state index contributed by atoms with van der Waals surface area (Å²) in [7, 11) is -0.635. The van der Waals surface area contributed by atoms with E-state index in [0.717, 1.165) is 22.2 Å². The highest BCUT2D eigenvalue weighted by Gasteiger charge is 2.52. The highest BCUT2D eigenvalue weighted by molar-refractivity contribution is 6.56. The smallest absolute Gasteiger partial charge is 0.445 e. The Morgan fingerprint density at radius 1 is 1.06 bits per heavy atom. The van der Waals surface area contributed by atoms with Crippen LogP contribution in [0, 0.1) is 0 Å². The van der Waals surface area contributed by atoms with Crippen LogP contribution in [0.4, 0.5) is 4.79 Å². The summed E-state index contributed by atoms with van der Waals surface area (Å²) in [4.78, 5) is 12.3. The number of benzene rings is 2. The molecule has 2 aromatic rings. The van der Waals surface area contributed by atoms with Crippen molar-refractivity contribution in [2.45, 2.75) is 45.5 Å². The van der Waals surface area contributed by atoms with Gasteiger partial charge in [-0.3, -0.25) is 0 Å². The van der Waals surface area contributed by atoms with Crippen LogP contribution in [0.2, 0.25) is 0 Å². The molecular formula is C24H29BN2O5. The first-order valence-corrected chi connectivity index (χ1v) is 10.5. The summed E-state index contributed by atoms with van der Waals surface area (Å²) in [6, 6.07) is 16.9. The number of oxime groups is 1. The minimum atomic E-state index is -0.635. The fourth-order valence-corrected chi connectivity index (χ4v) is 3.16. The van der Waals surface area contributed by atoms with E-state index in [4.69, 9.17) is 19.3 Å². The van der Waals surface area contributed by atoms with Gasteiger partial charge in [-0.2, -0.15) is 0 Å². The zero-order valence-electron chi connectivity index (χ0n) is 18.9. The molecule has 1 aliphatic heterocycles. The van der Waals surface area contributed by atoms with Crippen LogP contribution in [0.15, 0.2) is 65.2 Å². The zero-order chi connectivity index (χ0) is 23.2. The molecule has 168 valence electrons. The van der Waals surface area contributed by atoms with Crippen molar-refractivity contribution in [3.63, 3.8) is 0 Å². The predicted octanol–water partition coefficient (Wildman–Crippen LogP) is 4.44. The summed E-state index contributed by atoms with van der Waals surface area (Å²) in [6.45, 7) is 8.28. The lowest BCUT2D eigenvalue weighted by Gasteiger charge is -2.32. The van der Waals surface area contributed by atoms with Crippen molar-refractivity contribution in [3.05, 3.63) is 76.8 Å². The maximum absolute atomic E-state index is 12.3. The zero-order valence-corrected chi connectivity index (χ0v) is 18.9. The number of hydrogen-bond donors (Lipinski definition) is 2. The summed E-state index contributed by atoms with van der Waals surface area (Å²) in [5, 5.41) is 14.7.